The average Bonchev–Trinajstić information content (AvgIpc) is 3.31. The third-order valence-electron chi connectivity index (χ3n) is 12.0. The van der Waals surface area contributed by atoms with E-state index < -0.39 is 0 Å². The second-order valence-corrected chi connectivity index (χ2v) is 17.8. The molecule has 0 bridgehead atoms. The van der Waals surface area contributed by atoms with E-state index in [0.29, 0.717) is 5.92 Å². The molecule has 0 N–H and O–H groups in total. The lowest BCUT2D eigenvalue weighted by Gasteiger charge is -2.31. The van der Waals surface area contributed by atoms with E-state index in [0.717, 1.165) is 34.4 Å². The highest BCUT2D eigenvalue weighted by molar-refractivity contribution is 6.28. The summed E-state index contributed by atoms with van der Waals surface area (Å²) in [7, 11) is 0. The van der Waals surface area contributed by atoms with Gasteiger partial charge in [0.15, 0.2) is 0 Å². The van der Waals surface area contributed by atoms with Crippen molar-refractivity contribution >= 4 is 66.4 Å². The molecule has 10 aromatic rings. The van der Waals surface area contributed by atoms with Crippen molar-refractivity contribution < 1.29 is 0 Å². The Morgan fingerprint density at radius 2 is 0.762 bits per heavy atom. The maximum Gasteiger partial charge on any atom is 0.0540 e. The highest BCUT2D eigenvalue weighted by Gasteiger charge is 2.24. The number of aryl methyl sites for hydroxylation is 2. The summed E-state index contributed by atoms with van der Waals surface area (Å²) in [6.07, 6.45) is 0. The molecule has 2 heteroatoms. The molecule has 0 aliphatic heterocycles. The summed E-state index contributed by atoms with van der Waals surface area (Å²) in [6, 6.07) is 73.6. The van der Waals surface area contributed by atoms with Gasteiger partial charge >= 0.3 is 0 Å². The molecule has 0 atom stereocenters. The van der Waals surface area contributed by atoms with E-state index in [2.05, 4.69) is 258 Å². The topological polar surface area (TPSA) is 6.48 Å². The van der Waals surface area contributed by atoms with Crippen molar-refractivity contribution in [1.29, 1.82) is 0 Å². The minimum atomic E-state index is 0.415. The fourth-order valence-corrected chi connectivity index (χ4v) is 9.07. The molecular formula is C61H56N2. The van der Waals surface area contributed by atoms with Gasteiger partial charge in [0.1, 0.15) is 0 Å². The lowest BCUT2D eigenvalue weighted by molar-refractivity contribution is 0.737. The summed E-state index contributed by atoms with van der Waals surface area (Å²) in [5.74, 6) is 1.25. The molecular weight excluding hydrogens is 761 g/mol. The Morgan fingerprint density at radius 1 is 0.349 bits per heavy atom. The predicted octanol–water partition coefficient (Wildman–Crippen LogP) is 18.3. The third kappa shape index (κ3) is 8.06. The number of nitrogens with zero attached hydrogens (tertiary/aromatic N) is 2. The summed E-state index contributed by atoms with van der Waals surface area (Å²) < 4.78 is 0. The van der Waals surface area contributed by atoms with Crippen LogP contribution in [0.3, 0.4) is 0 Å². The molecule has 0 aromatic heterocycles. The number of rotatable bonds is 9. The van der Waals surface area contributed by atoms with Crippen LogP contribution in [0.4, 0.5) is 34.1 Å². The number of hydrogen-bond acceptors (Lipinski definition) is 2. The van der Waals surface area contributed by atoms with Gasteiger partial charge in [0, 0.05) is 33.5 Å². The van der Waals surface area contributed by atoms with Gasteiger partial charge in [0.05, 0.1) is 11.4 Å². The number of benzene rings is 10. The first kappa shape index (κ1) is 41.2. The molecule has 0 amide bonds. The second-order valence-electron chi connectivity index (χ2n) is 17.8. The molecule has 0 aliphatic rings. The minimum Gasteiger partial charge on any atom is -0.310 e. The van der Waals surface area contributed by atoms with Crippen LogP contribution in [0.1, 0.15) is 57.2 Å². The van der Waals surface area contributed by atoms with Crippen LogP contribution in [0, 0.1) is 19.8 Å². The number of para-hydroxylation sites is 2. The molecule has 0 aliphatic carbocycles. The average molecular weight is 817 g/mol. The molecule has 0 radical (unpaired) electrons. The molecule has 310 valence electrons. The maximum atomic E-state index is 2.47. The SMILES string of the molecule is CC(C)C.Cc1ccc(-c2ccccc2)cc1N(c1ccccc1)c1ccc2ccc3c(N(c4ccccc4)c4cc(-c5ccccc5C(C)C)ccc4C)ccc4ccc1c2c43. The van der Waals surface area contributed by atoms with E-state index in [1.165, 1.54) is 76.9 Å². The third-order valence-corrected chi connectivity index (χ3v) is 12.0. The molecule has 0 fully saturated rings. The van der Waals surface area contributed by atoms with Crippen molar-refractivity contribution in [3.05, 3.63) is 217 Å². The molecule has 0 spiro atoms. The van der Waals surface area contributed by atoms with Gasteiger partial charge in [0.2, 0.25) is 0 Å². The lowest BCUT2D eigenvalue weighted by Crippen LogP contribution is -2.13. The quantitative estimate of drug-likeness (QED) is 0.134. The van der Waals surface area contributed by atoms with Gasteiger partial charge in [-0.15, -0.1) is 0 Å². The Kier molecular flexibility index (Phi) is 11.6. The fourth-order valence-electron chi connectivity index (χ4n) is 9.07. The number of anilines is 6. The molecule has 0 saturated heterocycles. The summed E-state index contributed by atoms with van der Waals surface area (Å²) in [5.41, 5.74) is 15.6. The molecule has 0 heterocycles. The Hall–Kier alpha value is -7.16. The van der Waals surface area contributed by atoms with Crippen LogP contribution in [-0.4, -0.2) is 0 Å². The van der Waals surface area contributed by atoms with Crippen LogP contribution in [0.5, 0.6) is 0 Å². The van der Waals surface area contributed by atoms with E-state index >= 15 is 0 Å². The largest absolute Gasteiger partial charge is 0.310 e. The fraction of sp³-hybridized carbons (Fsp3) is 0.148. The summed E-state index contributed by atoms with van der Waals surface area (Å²) >= 11 is 0. The van der Waals surface area contributed by atoms with Crippen molar-refractivity contribution in [3.63, 3.8) is 0 Å². The van der Waals surface area contributed by atoms with Crippen LogP contribution < -0.4 is 9.80 Å². The van der Waals surface area contributed by atoms with Crippen molar-refractivity contribution in [2.24, 2.45) is 5.92 Å². The zero-order valence-corrected chi connectivity index (χ0v) is 37.6. The van der Waals surface area contributed by atoms with Crippen LogP contribution in [0.25, 0.3) is 54.6 Å². The minimum absolute atomic E-state index is 0.415. The van der Waals surface area contributed by atoms with Crippen LogP contribution in [0.15, 0.2) is 200 Å². The molecule has 0 saturated carbocycles. The van der Waals surface area contributed by atoms with Crippen LogP contribution in [-0.2, 0) is 0 Å². The first-order valence-electron chi connectivity index (χ1n) is 22.4. The van der Waals surface area contributed by atoms with Crippen LogP contribution >= 0.6 is 0 Å². The molecule has 63 heavy (non-hydrogen) atoms. The molecule has 10 aromatic carbocycles. The molecule has 0 unspecified atom stereocenters. The van der Waals surface area contributed by atoms with Gasteiger partial charge in [0.25, 0.3) is 0 Å². The van der Waals surface area contributed by atoms with E-state index in [1.807, 2.05) is 0 Å². The normalized spacial score (nSPS) is 11.4. The zero-order chi connectivity index (χ0) is 43.6. The summed E-state index contributed by atoms with van der Waals surface area (Å²) in [4.78, 5) is 4.92. The smallest absolute Gasteiger partial charge is 0.0540 e. The van der Waals surface area contributed by atoms with Crippen molar-refractivity contribution in [2.75, 3.05) is 9.80 Å². The summed E-state index contributed by atoms with van der Waals surface area (Å²) in [6.45, 7) is 15.5. The maximum absolute atomic E-state index is 2.47. The first-order chi connectivity index (χ1) is 30.7. The Bertz CT molecular complexity index is 3140. The molecule has 10 rings (SSSR count). The highest BCUT2D eigenvalue weighted by Crippen LogP contribution is 2.49. The standard InChI is InChI=1S/C57H46N2.C4H10/c1-38(2)48-22-14-15-23-49(48)45-27-25-40(4)55(37-45)59(47-20-12-7-13-21-47)53-35-31-43-28-32-50-52(34-30-42-29-33-51(53)57(43)56(42)50)58(46-18-10-6-11-19-46)54-36-44(26-24-39(54)3)41-16-8-5-9-17-41;1-4(2)3/h5-38H,1-4H3;4H,1-3H3. The van der Waals surface area contributed by atoms with E-state index in [9.17, 15) is 0 Å². The van der Waals surface area contributed by atoms with Crippen LogP contribution in [0.2, 0.25) is 0 Å². The van der Waals surface area contributed by atoms with E-state index in [4.69, 9.17) is 0 Å². The van der Waals surface area contributed by atoms with Crippen molar-refractivity contribution in [2.45, 2.75) is 54.4 Å². The first-order valence-corrected chi connectivity index (χ1v) is 22.4. The number of hydrogen-bond donors (Lipinski definition) is 0. The van der Waals surface area contributed by atoms with Gasteiger partial charge in [-0.3, -0.25) is 0 Å². The van der Waals surface area contributed by atoms with Gasteiger partial charge in [-0.2, -0.15) is 0 Å². The van der Waals surface area contributed by atoms with E-state index in [1.54, 1.807) is 0 Å². The highest BCUT2D eigenvalue weighted by atomic mass is 15.2. The Balaban J connectivity index is 0.00000121. The Morgan fingerprint density at radius 3 is 1.25 bits per heavy atom. The van der Waals surface area contributed by atoms with Gasteiger partial charge in [-0.1, -0.05) is 186 Å². The second kappa shape index (κ2) is 17.7. The lowest BCUT2D eigenvalue weighted by atomic mass is 9.90. The van der Waals surface area contributed by atoms with Gasteiger partial charge in [-0.05, 0) is 135 Å². The predicted molar refractivity (Wildman–Crippen MR) is 274 cm³/mol. The van der Waals surface area contributed by atoms with Crippen molar-refractivity contribution in [1.82, 2.24) is 0 Å². The molecule has 2 nitrogen and oxygen atoms in total. The Labute approximate surface area is 374 Å². The monoisotopic (exact) mass is 816 g/mol. The zero-order valence-electron chi connectivity index (χ0n) is 37.6. The van der Waals surface area contributed by atoms with Gasteiger partial charge in [-0.25, -0.2) is 0 Å². The summed E-state index contributed by atoms with van der Waals surface area (Å²) in [5, 5.41) is 7.47. The van der Waals surface area contributed by atoms with Crippen molar-refractivity contribution in [3.8, 4) is 22.3 Å². The van der Waals surface area contributed by atoms with E-state index in [-0.39, 0.29) is 0 Å². The van der Waals surface area contributed by atoms with Gasteiger partial charge < -0.3 is 9.80 Å².